The topological polar surface area (TPSA) is 29.5 Å². The third-order valence-electron chi connectivity index (χ3n) is 0.686. The first-order chi connectivity index (χ1) is 3.80. The summed E-state index contributed by atoms with van der Waals surface area (Å²) in [5, 5.41) is 2.87. The van der Waals surface area contributed by atoms with Crippen LogP contribution in [0.3, 0.4) is 0 Å². The summed E-state index contributed by atoms with van der Waals surface area (Å²) in [4.78, 5) is 10.4. The van der Waals surface area contributed by atoms with E-state index in [1.165, 1.54) is 12.0 Å². The lowest BCUT2D eigenvalue weighted by molar-refractivity contribution is -0.142. The first-order valence-corrected chi connectivity index (χ1v) is 2.91. The molecule has 0 fully saturated rings. The fourth-order valence-electron chi connectivity index (χ4n) is 0.334. The van der Waals surface area contributed by atoms with Gasteiger partial charge in [0.05, 0.1) is 12.0 Å². The molecule has 0 aromatic heterocycles. The number of nitrogens with zero attached hydrogens (tertiary/aromatic N) is 1. The average molecular weight is 131 g/mol. The van der Waals surface area contributed by atoms with E-state index in [2.05, 4.69) is 0 Å². The molecule has 1 amide bonds. The van der Waals surface area contributed by atoms with Crippen LogP contribution in [0.4, 0.5) is 0 Å². The molecule has 1 heterocycles. The van der Waals surface area contributed by atoms with E-state index in [9.17, 15) is 4.79 Å². The quantitative estimate of drug-likeness (QED) is 0.457. The molecule has 0 N–H and O–H groups in total. The number of hydrogen-bond acceptors (Lipinski definition) is 3. The van der Waals surface area contributed by atoms with Crippen LogP contribution in [0.15, 0.2) is 11.6 Å². The lowest BCUT2D eigenvalue weighted by Gasteiger charge is -2.04. The van der Waals surface area contributed by atoms with E-state index in [4.69, 9.17) is 4.28 Å². The number of rotatable bonds is 0. The maximum Gasteiger partial charge on any atom is 0.248 e. The molecule has 3 nitrogen and oxygen atoms in total. The highest BCUT2D eigenvalue weighted by Crippen LogP contribution is 2.16. The van der Waals surface area contributed by atoms with Gasteiger partial charge < -0.3 is 0 Å². The molecule has 0 aliphatic carbocycles. The monoisotopic (exact) mass is 131 g/mol. The molecule has 0 aromatic rings. The molecule has 1 aliphatic rings. The van der Waals surface area contributed by atoms with Gasteiger partial charge in [-0.3, -0.25) is 4.79 Å². The van der Waals surface area contributed by atoms with Gasteiger partial charge in [-0.2, -0.15) is 9.35 Å². The highest BCUT2D eigenvalue weighted by Gasteiger charge is 2.09. The molecule has 0 atom stereocenters. The maximum atomic E-state index is 10.4. The van der Waals surface area contributed by atoms with Crippen molar-refractivity contribution in [2.45, 2.75) is 6.92 Å². The smallest absolute Gasteiger partial charge is 0.248 e. The molecule has 44 valence electrons. The Hall–Kier alpha value is -0.480. The predicted molar refractivity (Wildman–Crippen MR) is 30.3 cm³/mol. The van der Waals surface area contributed by atoms with Gasteiger partial charge in [-0.05, 0) is 0 Å². The van der Waals surface area contributed by atoms with Gasteiger partial charge in [0, 0.05) is 18.5 Å². The van der Waals surface area contributed by atoms with Crippen molar-refractivity contribution in [2.75, 3.05) is 0 Å². The minimum atomic E-state index is -0.105. The lowest BCUT2D eigenvalue weighted by Crippen LogP contribution is -2.16. The van der Waals surface area contributed by atoms with E-state index in [0.29, 0.717) is 0 Å². The second kappa shape index (κ2) is 2.19. The van der Waals surface area contributed by atoms with Gasteiger partial charge in [0.2, 0.25) is 5.91 Å². The Morgan fingerprint density at radius 2 is 2.62 bits per heavy atom. The Morgan fingerprint density at radius 1 is 1.88 bits per heavy atom. The van der Waals surface area contributed by atoms with Gasteiger partial charge in [-0.15, -0.1) is 0 Å². The van der Waals surface area contributed by atoms with E-state index in [-0.39, 0.29) is 5.91 Å². The van der Waals surface area contributed by atoms with Crippen molar-refractivity contribution in [2.24, 2.45) is 0 Å². The number of carbonyl (C=O) groups excluding carboxylic acids is 1. The highest BCUT2D eigenvalue weighted by molar-refractivity contribution is 7.97. The van der Waals surface area contributed by atoms with E-state index in [1.54, 1.807) is 11.6 Å². The highest BCUT2D eigenvalue weighted by atomic mass is 32.2. The Bertz CT molecular complexity index is 134. The van der Waals surface area contributed by atoms with Crippen LogP contribution in [-0.4, -0.2) is 11.0 Å². The first kappa shape index (κ1) is 5.65. The van der Waals surface area contributed by atoms with Crippen LogP contribution in [0.1, 0.15) is 6.92 Å². The Kier molecular flexibility index (Phi) is 1.55. The zero-order valence-corrected chi connectivity index (χ0v) is 5.14. The van der Waals surface area contributed by atoms with Crippen LogP contribution in [-0.2, 0) is 9.08 Å². The minimum absolute atomic E-state index is 0.105. The van der Waals surface area contributed by atoms with Gasteiger partial charge in [-0.25, -0.2) is 0 Å². The van der Waals surface area contributed by atoms with Gasteiger partial charge in [0.25, 0.3) is 0 Å². The predicted octanol–water partition coefficient (Wildman–Crippen LogP) is 0.900. The second-order valence-electron chi connectivity index (χ2n) is 1.30. The van der Waals surface area contributed by atoms with Crippen molar-refractivity contribution < 1.29 is 9.08 Å². The van der Waals surface area contributed by atoms with Crippen molar-refractivity contribution in [3.8, 4) is 0 Å². The molecular formula is C4H5NO2S. The fourth-order valence-corrected chi connectivity index (χ4v) is 0.791. The fraction of sp³-hybridized carbons (Fsp3) is 0.250. The number of hydrogen-bond donors (Lipinski definition) is 0. The summed E-state index contributed by atoms with van der Waals surface area (Å²) in [6.45, 7) is 1.44. The molecular weight excluding hydrogens is 126 g/mol. The zero-order valence-electron chi connectivity index (χ0n) is 4.33. The number of amides is 1. The van der Waals surface area contributed by atoms with Gasteiger partial charge >= 0.3 is 0 Å². The standard InChI is InChI=1S/C4H5NO2S/c1-4(6)5-2-3-8-7-5/h2-3H,1H3. The van der Waals surface area contributed by atoms with Gasteiger partial charge in [0.15, 0.2) is 0 Å². The third-order valence-corrected chi connectivity index (χ3v) is 1.16. The zero-order chi connectivity index (χ0) is 5.98. The minimum Gasteiger partial charge on any atom is -0.272 e. The van der Waals surface area contributed by atoms with Crippen LogP contribution in [0.5, 0.6) is 0 Å². The molecule has 0 spiro atoms. The molecule has 0 unspecified atom stereocenters. The van der Waals surface area contributed by atoms with Crippen LogP contribution < -0.4 is 0 Å². The maximum absolute atomic E-state index is 10.4. The summed E-state index contributed by atoms with van der Waals surface area (Å²) in [6.07, 6.45) is 1.58. The third kappa shape index (κ3) is 1.02. The Labute approximate surface area is 51.5 Å². The van der Waals surface area contributed by atoms with Crippen molar-refractivity contribution in [1.82, 2.24) is 5.06 Å². The number of hydroxylamine groups is 2. The molecule has 1 aliphatic heterocycles. The molecule has 0 aromatic carbocycles. The van der Waals surface area contributed by atoms with E-state index in [0.717, 1.165) is 12.0 Å². The summed E-state index contributed by atoms with van der Waals surface area (Å²) in [5.74, 6) is -0.105. The average Bonchev–Trinajstić information content (AvgIpc) is 2.12. The van der Waals surface area contributed by atoms with Crippen LogP contribution in [0, 0.1) is 0 Å². The van der Waals surface area contributed by atoms with Crippen LogP contribution >= 0.6 is 12.0 Å². The molecule has 4 heteroatoms. The SMILES string of the molecule is CC(=O)N1C=CSO1. The molecule has 0 saturated carbocycles. The summed E-state index contributed by atoms with van der Waals surface area (Å²) in [6, 6.07) is 0. The van der Waals surface area contributed by atoms with Crippen LogP contribution in [0.25, 0.3) is 0 Å². The molecule has 8 heavy (non-hydrogen) atoms. The van der Waals surface area contributed by atoms with E-state index < -0.39 is 0 Å². The largest absolute Gasteiger partial charge is 0.272 e. The normalized spacial score (nSPS) is 17.4. The molecule has 0 radical (unpaired) electrons. The molecule has 0 bridgehead atoms. The van der Waals surface area contributed by atoms with Crippen molar-refractivity contribution >= 4 is 17.9 Å². The van der Waals surface area contributed by atoms with Crippen LogP contribution in [0.2, 0.25) is 0 Å². The number of carbonyl (C=O) groups is 1. The summed E-state index contributed by atoms with van der Waals surface area (Å²) in [5.41, 5.74) is 0. The molecule has 1 rings (SSSR count). The van der Waals surface area contributed by atoms with Gasteiger partial charge in [-0.1, -0.05) is 0 Å². The summed E-state index contributed by atoms with van der Waals surface area (Å²) < 4.78 is 4.70. The Morgan fingerprint density at radius 3 is 2.88 bits per heavy atom. The lowest BCUT2D eigenvalue weighted by atomic mass is 10.7. The Balaban J connectivity index is 2.48. The van der Waals surface area contributed by atoms with Gasteiger partial charge in [0.1, 0.15) is 0 Å². The van der Waals surface area contributed by atoms with E-state index >= 15 is 0 Å². The van der Waals surface area contributed by atoms with Crippen molar-refractivity contribution in [3.05, 3.63) is 11.6 Å². The summed E-state index contributed by atoms with van der Waals surface area (Å²) >= 11 is 1.14. The summed E-state index contributed by atoms with van der Waals surface area (Å²) in [7, 11) is 0. The van der Waals surface area contributed by atoms with E-state index in [1.807, 2.05) is 0 Å². The second-order valence-corrected chi connectivity index (χ2v) is 1.91. The molecule has 0 saturated heterocycles. The van der Waals surface area contributed by atoms with Crippen molar-refractivity contribution in [1.29, 1.82) is 0 Å². The first-order valence-electron chi connectivity index (χ1n) is 2.10. The van der Waals surface area contributed by atoms with Crippen molar-refractivity contribution in [3.63, 3.8) is 0 Å².